The molecule has 1 nitrogen and oxygen atoms in total. The highest BCUT2D eigenvalue weighted by Gasteiger charge is 2.36. The lowest BCUT2D eigenvalue weighted by atomic mass is 9.65. The molecular formula is C17H25Cl2N. The number of halogens is 2. The average Bonchev–Trinajstić information content (AvgIpc) is 2.40. The third kappa shape index (κ3) is 3.69. The van der Waals surface area contributed by atoms with Crippen molar-refractivity contribution in [3.8, 4) is 0 Å². The van der Waals surface area contributed by atoms with Crippen LogP contribution in [0.2, 0.25) is 10.0 Å². The Hall–Kier alpha value is -0.240. The molecule has 1 aromatic rings. The lowest BCUT2D eigenvalue weighted by Crippen LogP contribution is -2.35. The highest BCUT2D eigenvalue weighted by molar-refractivity contribution is 6.42. The molecule has 0 saturated heterocycles. The Morgan fingerprint density at radius 2 is 2.05 bits per heavy atom. The van der Waals surface area contributed by atoms with Crippen LogP contribution in [0.4, 0.5) is 0 Å². The highest BCUT2D eigenvalue weighted by Crippen LogP contribution is 2.48. The molecule has 3 heteroatoms. The Balaban J connectivity index is 2.28. The molecule has 1 aliphatic rings. The maximum Gasteiger partial charge on any atom is 0.0627 e. The van der Waals surface area contributed by atoms with Gasteiger partial charge in [0.25, 0.3) is 0 Å². The minimum absolute atomic E-state index is 0.388. The topological polar surface area (TPSA) is 12.0 Å². The lowest BCUT2D eigenvalue weighted by molar-refractivity contribution is 0.160. The molecule has 0 bridgehead atoms. The Kier molecular flexibility index (Phi) is 5.39. The molecule has 2 rings (SSSR count). The van der Waals surface area contributed by atoms with Crippen LogP contribution in [0.3, 0.4) is 0 Å². The first-order valence-corrected chi connectivity index (χ1v) is 8.35. The van der Waals surface area contributed by atoms with Gasteiger partial charge in [0.2, 0.25) is 0 Å². The molecule has 20 heavy (non-hydrogen) atoms. The molecule has 0 spiro atoms. The van der Waals surface area contributed by atoms with Gasteiger partial charge in [-0.3, -0.25) is 0 Å². The van der Waals surface area contributed by atoms with Crippen LogP contribution in [0.15, 0.2) is 18.2 Å². The molecule has 0 aliphatic heterocycles. The van der Waals surface area contributed by atoms with E-state index in [2.05, 4.69) is 32.2 Å². The second-order valence-electron chi connectivity index (χ2n) is 6.72. The van der Waals surface area contributed by atoms with Crippen LogP contribution in [0, 0.1) is 11.3 Å². The number of hydrogen-bond acceptors (Lipinski definition) is 1. The zero-order valence-electron chi connectivity index (χ0n) is 12.7. The van der Waals surface area contributed by atoms with Crippen molar-refractivity contribution in [3.05, 3.63) is 33.8 Å². The summed E-state index contributed by atoms with van der Waals surface area (Å²) in [6.07, 6.45) is 3.73. The fraction of sp³-hybridized carbons (Fsp3) is 0.647. The molecular weight excluding hydrogens is 289 g/mol. The van der Waals surface area contributed by atoms with Crippen molar-refractivity contribution >= 4 is 23.2 Å². The summed E-state index contributed by atoms with van der Waals surface area (Å²) < 4.78 is 0. The molecule has 2 unspecified atom stereocenters. The van der Waals surface area contributed by atoms with E-state index < -0.39 is 0 Å². The van der Waals surface area contributed by atoms with Gasteiger partial charge in [-0.1, -0.05) is 56.1 Å². The smallest absolute Gasteiger partial charge is 0.0627 e. The van der Waals surface area contributed by atoms with E-state index in [9.17, 15) is 0 Å². The van der Waals surface area contributed by atoms with Gasteiger partial charge in [0, 0.05) is 0 Å². The van der Waals surface area contributed by atoms with E-state index in [4.69, 9.17) is 23.2 Å². The van der Waals surface area contributed by atoms with Gasteiger partial charge < -0.3 is 5.32 Å². The van der Waals surface area contributed by atoms with E-state index in [0.717, 1.165) is 18.1 Å². The minimum atomic E-state index is 0.388. The predicted molar refractivity (Wildman–Crippen MR) is 88.9 cm³/mol. The predicted octanol–water partition coefficient (Wildman–Crippen LogP) is 5.51. The third-order valence-corrected chi connectivity index (χ3v) is 5.40. The third-order valence-electron chi connectivity index (χ3n) is 4.57. The van der Waals surface area contributed by atoms with E-state index in [0.29, 0.717) is 22.3 Å². The summed E-state index contributed by atoms with van der Waals surface area (Å²) in [4.78, 5) is 0. The Labute approximate surface area is 133 Å². The number of rotatable bonds is 4. The largest absolute Gasteiger partial charge is 0.317 e. The first-order valence-electron chi connectivity index (χ1n) is 7.59. The zero-order valence-corrected chi connectivity index (χ0v) is 14.2. The van der Waals surface area contributed by atoms with E-state index in [-0.39, 0.29) is 0 Å². The quantitative estimate of drug-likeness (QED) is 0.772. The molecule has 1 saturated carbocycles. The molecule has 1 aliphatic carbocycles. The van der Waals surface area contributed by atoms with Crippen molar-refractivity contribution < 1.29 is 0 Å². The SMILES string of the molecule is CCNCC1CCC(C)(C)CC1c1cccc(Cl)c1Cl. The minimum Gasteiger partial charge on any atom is -0.317 e. The summed E-state index contributed by atoms with van der Waals surface area (Å²) in [6.45, 7) is 8.98. The van der Waals surface area contributed by atoms with Gasteiger partial charge in [0.05, 0.1) is 10.0 Å². The summed E-state index contributed by atoms with van der Waals surface area (Å²) in [6, 6.07) is 6.05. The van der Waals surface area contributed by atoms with Crippen molar-refractivity contribution in [3.63, 3.8) is 0 Å². The molecule has 0 radical (unpaired) electrons. The maximum absolute atomic E-state index is 6.47. The van der Waals surface area contributed by atoms with E-state index in [1.165, 1.54) is 24.8 Å². The Morgan fingerprint density at radius 1 is 1.30 bits per heavy atom. The molecule has 0 heterocycles. The first kappa shape index (κ1) is 16.1. The molecule has 1 aromatic carbocycles. The van der Waals surface area contributed by atoms with Gasteiger partial charge >= 0.3 is 0 Å². The van der Waals surface area contributed by atoms with Crippen molar-refractivity contribution in [1.82, 2.24) is 5.32 Å². The number of hydrogen-bond donors (Lipinski definition) is 1. The second-order valence-corrected chi connectivity index (χ2v) is 7.51. The van der Waals surface area contributed by atoms with Gasteiger partial charge in [-0.2, -0.15) is 0 Å². The first-order chi connectivity index (χ1) is 9.44. The van der Waals surface area contributed by atoms with Gasteiger partial charge in [-0.15, -0.1) is 0 Å². The van der Waals surface area contributed by atoms with Crippen LogP contribution in [0.5, 0.6) is 0 Å². The van der Waals surface area contributed by atoms with E-state index >= 15 is 0 Å². The van der Waals surface area contributed by atoms with Crippen LogP contribution in [-0.2, 0) is 0 Å². The Morgan fingerprint density at radius 3 is 2.75 bits per heavy atom. The fourth-order valence-electron chi connectivity index (χ4n) is 3.39. The monoisotopic (exact) mass is 313 g/mol. The second kappa shape index (κ2) is 6.68. The maximum atomic E-state index is 6.47. The molecule has 112 valence electrons. The summed E-state index contributed by atoms with van der Waals surface area (Å²) in [5.74, 6) is 1.16. The van der Waals surface area contributed by atoms with Crippen molar-refractivity contribution in [1.29, 1.82) is 0 Å². The summed E-state index contributed by atoms with van der Waals surface area (Å²) in [5.41, 5.74) is 1.62. The van der Waals surface area contributed by atoms with Crippen LogP contribution >= 0.6 is 23.2 Å². The fourth-order valence-corrected chi connectivity index (χ4v) is 3.83. The molecule has 2 atom stereocenters. The van der Waals surface area contributed by atoms with Gasteiger partial charge in [-0.25, -0.2) is 0 Å². The van der Waals surface area contributed by atoms with Gasteiger partial charge in [0.1, 0.15) is 0 Å². The van der Waals surface area contributed by atoms with Crippen LogP contribution in [0.25, 0.3) is 0 Å². The summed E-state index contributed by atoms with van der Waals surface area (Å²) >= 11 is 12.7. The van der Waals surface area contributed by atoms with Crippen molar-refractivity contribution in [2.45, 2.75) is 46.0 Å². The summed E-state index contributed by atoms with van der Waals surface area (Å²) in [7, 11) is 0. The molecule has 0 aromatic heterocycles. The standard InChI is InChI=1S/C17H25Cl2N/c1-4-20-11-12-8-9-17(2,3)10-14(12)13-6-5-7-15(18)16(13)19/h5-7,12,14,20H,4,8-11H2,1-3H3. The highest BCUT2D eigenvalue weighted by atomic mass is 35.5. The van der Waals surface area contributed by atoms with E-state index in [1.807, 2.05) is 12.1 Å². The Bertz CT molecular complexity index is 456. The average molecular weight is 314 g/mol. The van der Waals surface area contributed by atoms with Crippen LogP contribution in [0.1, 0.15) is 51.5 Å². The summed E-state index contributed by atoms with van der Waals surface area (Å²) in [5, 5.41) is 4.93. The molecule has 1 N–H and O–H groups in total. The van der Waals surface area contributed by atoms with E-state index in [1.54, 1.807) is 0 Å². The number of benzene rings is 1. The zero-order chi connectivity index (χ0) is 14.8. The normalized spacial score (nSPS) is 25.6. The number of nitrogens with one attached hydrogen (secondary N) is 1. The molecule has 1 fully saturated rings. The van der Waals surface area contributed by atoms with Crippen molar-refractivity contribution in [2.24, 2.45) is 11.3 Å². The lowest BCUT2D eigenvalue weighted by Gasteiger charge is -2.41. The van der Waals surface area contributed by atoms with Gasteiger partial charge in [0.15, 0.2) is 0 Å². The van der Waals surface area contributed by atoms with Crippen molar-refractivity contribution in [2.75, 3.05) is 13.1 Å². The van der Waals surface area contributed by atoms with Crippen LogP contribution < -0.4 is 5.32 Å². The van der Waals surface area contributed by atoms with Gasteiger partial charge in [-0.05, 0) is 61.2 Å². The molecule has 0 amide bonds. The van der Waals surface area contributed by atoms with Crippen LogP contribution in [-0.4, -0.2) is 13.1 Å².